The van der Waals surface area contributed by atoms with Gasteiger partial charge < -0.3 is 10.4 Å². The molecule has 98 valence electrons. The van der Waals surface area contributed by atoms with Crippen molar-refractivity contribution in [2.75, 3.05) is 5.32 Å². The first-order valence-electron chi connectivity index (χ1n) is 5.91. The lowest BCUT2D eigenvalue weighted by Crippen LogP contribution is -2.12. The van der Waals surface area contributed by atoms with Crippen LogP contribution in [0.3, 0.4) is 0 Å². The van der Waals surface area contributed by atoms with Crippen LogP contribution in [0, 0.1) is 0 Å². The van der Waals surface area contributed by atoms with Crippen LogP contribution in [0.5, 0.6) is 0 Å². The molecule has 4 heteroatoms. The number of halogens is 1. The minimum Gasteiger partial charge on any atom is -0.389 e. The standard InChI is InChI=1S/C15H14BrNO2/c1-10(18)11-4-3-7-14(9-11)17-15(19)12-5-2-6-13(16)8-12/h2-10,18H,1H3,(H,17,19). The number of amides is 1. The molecule has 2 aromatic carbocycles. The van der Waals surface area contributed by atoms with Crippen LogP contribution in [0.25, 0.3) is 0 Å². The fourth-order valence-electron chi connectivity index (χ4n) is 1.71. The lowest BCUT2D eigenvalue weighted by atomic mass is 10.1. The van der Waals surface area contributed by atoms with Crippen molar-refractivity contribution >= 4 is 27.5 Å². The van der Waals surface area contributed by atoms with Crippen LogP contribution >= 0.6 is 15.9 Å². The Labute approximate surface area is 120 Å². The molecule has 0 saturated carbocycles. The van der Waals surface area contributed by atoms with Gasteiger partial charge in [-0.1, -0.05) is 34.1 Å². The minimum absolute atomic E-state index is 0.177. The van der Waals surface area contributed by atoms with E-state index in [0.717, 1.165) is 10.0 Å². The summed E-state index contributed by atoms with van der Waals surface area (Å²) in [5.41, 5.74) is 2.02. The fraction of sp³-hybridized carbons (Fsp3) is 0.133. The third kappa shape index (κ3) is 3.66. The zero-order valence-corrected chi connectivity index (χ0v) is 12.0. The summed E-state index contributed by atoms with van der Waals surface area (Å²) in [6.07, 6.45) is -0.553. The molecule has 1 unspecified atom stereocenters. The van der Waals surface area contributed by atoms with E-state index in [1.807, 2.05) is 18.2 Å². The van der Waals surface area contributed by atoms with Crippen molar-refractivity contribution < 1.29 is 9.90 Å². The highest BCUT2D eigenvalue weighted by molar-refractivity contribution is 9.10. The first kappa shape index (κ1) is 13.8. The van der Waals surface area contributed by atoms with Crippen LogP contribution in [0.4, 0.5) is 5.69 Å². The quantitative estimate of drug-likeness (QED) is 0.905. The summed E-state index contributed by atoms with van der Waals surface area (Å²) in [4.78, 5) is 12.1. The maximum absolute atomic E-state index is 12.1. The van der Waals surface area contributed by atoms with Gasteiger partial charge in [0.2, 0.25) is 0 Å². The van der Waals surface area contributed by atoms with Gasteiger partial charge in [-0.2, -0.15) is 0 Å². The van der Waals surface area contributed by atoms with E-state index in [0.29, 0.717) is 11.3 Å². The number of nitrogens with one attached hydrogen (secondary N) is 1. The summed E-state index contributed by atoms with van der Waals surface area (Å²) in [6, 6.07) is 14.4. The second-order valence-corrected chi connectivity index (χ2v) is 5.18. The molecule has 19 heavy (non-hydrogen) atoms. The molecule has 2 N–H and O–H groups in total. The Kier molecular flexibility index (Phi) is 4.35. The van der Waals surface area contributed by atoms with Crippen LogP contribution in [0.15, 0.2) is 53.0 Å². The second kappa shape index (κ2) is 5.99. The first-order valence-corrected chi connectivity index (χ1v) is 6.70. The van der Waals surface area contributed by atoms with Crippen molar-refractivity contribution in [3.8, 4) is 0 Å². The molecule has 0 aliphatic carbocycles. The molecule has 2 rings (SSSR count). The van der Waals surface area contributed by atoms with Crippen LogP contribution < -0.4 is 5.32 Å². The van der Waals surface area contributed by atoms with E-state index in [1.165, 1.54) is 0 Å². The van der Waals surface area contributed by atoms with E-state index in [1.54, 1.807) is 37.3 Å². The van der Waals surface area contributed by atoms with Crippen LogP contribution in [0.1, 0.15) is 28.9 Å². The van der Waals surface area contributed by atoms with Gasteiger partial charge in [0.15, 0.2) is 0 Å². The Balaban J connectivity index is 2.17. The topological polar surface area (TPSA) is 49.3 Å². The van der Waals surface area contributed by atoms with E-state index in [2.05, 4.69) is 21.2 Å². The molecule has 2 aromatic rings. The molecular weight excluding hydrogens is 306 g/mol. The monoisotopic (exact) mass is 319 g/mol. The summed E-state index contributed by atoms with van der Waals surface area (Å²) in [7, 11) is 0. The van der Waals surface area contributed by atoms with E-state index >= 15 is 0 Å². The molecule has 0 heterocycles. The van der Waals surface area contributed by atoms with E-state index < -0.39 is 6.10 Å². The number of carbonyl (C=O) groups excluding carboxylic acids is 1. The Morgan fingerprint density at radius 1 is 1.21 bits per heavy atom. The number of hydrogen-bond acceptors (Lipinski definition) is 2. The van der Waals surface area contributed by atoms with Gasteiger partial charge in [0.25, 0.3) is 5.91 Å². The summed E-state index contributed by atoms with van der Waals surface area (Å²) < 4.78 is 0.859. The molecule has 0 radical (unpaired) electrons. The predicted octanol–water partition coefficient (Wildman–Crippen LogP) is 3.75. The number of rotatable bonds is 3. The SMILES string of the molecule is CC(O)c1cccc(NC(=O)c2cccc(Br)c2)c1. The first-order chi connectivity index (χ1) is 9.06. The molecule has 0 spiro atoms. The van der Waals surface area contributed by atoms with Crippen molar-refractivity contribution in [2.45, 2.75) is 13.0 Å². The largest absolute Gasteiger partial charge is 0.389 e. The highest BCUT2D eigenvalue weighted by Crippen LogP contribution is 2.18. The lowest BCUT2D eigenvalue weighted by Gasteiger charge is -2.09. The lowest BCUT2D eigenvalue weighted by molar-refractivity contribution is 0.102. The Morgan fingerprint density at radius 2 is 1.95 bits per heavy atom. The van der Waals surface area contributed by atoms with Gasteiger partial charge in [0.1, 0.15) is 0 Å². The molecule has 0 bridgehead atoms. The smallest absolute Gasteiger partial charge is 0.255 e. The summed E-state index contributed by atoms with van der Waals surface area (Å²) >= 11 is 3.33. The molecule has 3 nitrogen and oxygen atoms in total. The van der Waals surface area contributed by atoms with Crippen LogP contribution in [-0.4, -0.2) is 11.0 Å². The molecular formula is C15H14BrNO2. The van der Waals surface area contributed by atoms with E-state index in [-0.39, 0.29) is 5.91 Å². The number of aliphatic hydroxyl groups excluding tert-OH is 1. The van der Waals surface area contributed by atoms with Gasteiger partial charge in [-0.25, -0.2) is 0 Å². The highest BCUT2D eigenvalue weighted by Gasteiger charge is 2.07. The second-order valence-electron chi connectivity index (χ2n) is 4.27. The number of hydrogen-bond donors (Lipinski definition) is 2. The van der Waals surface area contributed by atoms with Gasteiger partial charge >= 0.3 is 0 Å². The van der Waals surface area contributed by atoms with Crippen molar-refractivity contribution in [1.82, 2.24) is 0 Å². The Morgan fingerprint density at radius 3 is 2.63 bits per heavy atom. The molecule has 1 amide bonds. The zero-order chi connectivity index (χ0) is 13.8. The number of aliphatic hydroxyl groups is 1. The molecule has 1 atom stereocenters. The number of benzene rings is 2. The van der Waals surface area contributed by atoms with E-state index in [9.17, 15) is 9.90 Å². The summed E-state index contributed by atoms with van der Waals surface area (Å²) in [5, 5.41) is 12.3. The Bertz CT molecular complexity index is 596. The molecule has 0 aromatic heterocycles. The van der Waals surface area contributed by atoms with E-state index in [4.69, 9.17) is 0 Å². The average molecular weight is 320 g/mol. The van der Waals surface area contributed by atoms with Crippen LogP contribution in [-0.2, 0) is 0 Å². The highest BCUT2D eigenvalue weighted by atomic mass is 79.9. The third-order valence-corrected chi connectivity index (χ3v) is 3.21. The number of anilines is 1. The Hall–Kier alpha value is -1.65. The van der Waals surface area contributed by atoms with Crippen molar-refractivity contribution in [3.63, 3.8) is 0 Å². The van der Waals surface area contributed by atoms with Gasteiger partial charge in [-0.15, -0.1) is 0 Å². The van der Waals surface area contributed by atoms with Crippen molar-refractivity contribution in [3.05, 3.63) is 64.1 Å². The van der Waals surface area contributed by atoms with Gasteiger partial charge in [-0.05, 0) is 42.8 Å². The predicted molar refractivity (Wildman–Crippen MR) is 79.2 cm³/mol. The minimum atomic E-state index is -0.553. The van der Waals surface area contributed by atoms with Crippen molar-refractivity contribution in [2.24, 2.45) is 0 Å². The maximum Gasteiger partial charge on any atom is 0.255 e. The van der Waals surface area contributed by atoms with Gasteiger partial charge in [-0.3, -0.25) is 4.79 Å². The molecule has 0 aliphatic rings. The summed E-state index contributed by atoms with van der Waals surface area (Å²) in [5.74, 6) is -0.177. The molecule has 0 aliphatic heterocycles. The molecule has 0 saturated heterocycles. The summed E-state index contributed by atoms with van der Waals surface area (Å²) in [6.45, 7) is 1.69. The number of carbonyl (C=O) groups is 1. The average Bonchev–Trinajstić information content (AvgIpc) is 2.39. The normalized spacial score (nSPS) is 11.9. The maximum atomic E-state index is 12.1. The molecule has 0 fully saturated rings. The fourth-order valence-corrected chi connectivity index (χ4v) is 2.11. The van der Waals surface area contributed by atoms with Gasteiger partial charge in [0.05, 0.1) is 6.10 Å². The van der Waals surface area contributed by atoms with Crippen LogP contribution in [0.2, 0.25) is 0 Å². The third-order valence-electron chi connectivity index (χ3n) is 2.71. The zero-order valence-electron chi connectivity index (χ0n) is 10.4. The van der Waals surface area contributed by atoms with Crippen molar-refractivity contribution in [1.29, 1.82) is 0 Å². The van der Waals surface area contributed by atoms with Gasteiger partial charge in [0, 0.05) is 15.7 Å².